The van der Waals surface area contributed by atoms with Crippen LogP contribution in [0.25, 0.3) is 0 Å². The molecule has 0 fully saturated rings. The number of hydrogen-bond acceptors (Lipinski definition) is 5. The minimum atomic E-state index is -3.56. The van der Waals surface area contributed by atoms with Crippen molar-refractivity contribution in [2.45, 2.75) is 17.9 Å². The zero-order chi connectivity index (χ0) is 21.8. The van der Waals surface area contributed by atoms with E-state index in [1.165, 1.54) is 9.87 Å². The van der Waals surface area contributed by atoms with Crippen molar-refractivity contribution < 1.29 is 17.9 Å². The van der Waals surface area contributed by atoms with Gasteiger partial charge in [-0.15, -0.1) is 0 Å². The standard InChI is InChI=1S/C24H24N2O4S/c1-29-23-9-5-8-19(24(23)30-2)16-25-21-10-12-22(13-11-21)31(27,28)26-15-14-18-6-3-4-7-20(18)17-26/h3-13,16H,14-15,17H2,1-2H3. The molecule has 0 N–H and O–H groups in total. The highest BCUT2D eigenvalue weighted by Gasteiger charge is 2.28. The quantitative estimate of drug-likeness (QED) is 0.543. The van der Waals surface area contributed by atoms with E-state index in [2.05, 4.69) is 11.1 Å². The van der Waals surface area contributed by atoms with Crippen molar-refractivity contribution in [1.29, 1.82) is 0 Å². The van der Waals surface area contributed by atoms with Gasteiger partial charge >= 0.3 is 0 Å². The molecule has 0 saturated carbocycles. The first-order chi connectivity index (χ1) is 15.0. The third kappa shape index (κ3) is 4.33. The van der Waals surface area contributed by atoms with Crippen LogP contribution in [0.1, 0.15) is 16.7 Å². The molecule has 7 heteroatoms. The number of ether oxygens (including phenoxy) is 2. The maximum absolute atomic E-state index is 13.1. The second-order valence-corrected chi connectivity index (χ2v) is 9.13. The maximum Gasteiger partial charge on any atom is 0.243 e. The molecular weight excluding hydrogens is 412 g/mol. The Hall–Kier alpha value is -3.16. The van der Waals surface area contributed by atoms with Crippen molar-refractivity contribution in [1.82, 2.24) is 4.31 Å². The van der Waals surface area contributed by atoms with E-state index in [0.717, 1.165) is 17.5 Å². The molecule has 0 bridgehead atoms. The molecule has 3 aromatic carbocycles. The van der Waals surface area contributed by atoms with Gasteiger partial charge in [-0.25, -0.2) is 8.42 Å². The van der Waals surface area contributed by atoms with E-state index in [-0.39, 0.29) is 4.90 Å². The molecule has 0 aromatic heterocycles. The Morgan fingerprint density at radius 2 is 1.65 bits per heavy atom. The minimum absolute atomic E-state index is 0.268. The predicted molar refractivity (Wildman–Crippen MR) is 121 cm³/mol. The first-order valence-electron chi connectivity index (χ1n) is 9.95. The van der Waals surface area contributed by atoms with E-state index in [4.69, 9.17) is 9.47 Å². The summed E-state index contributed by atoms with van der Waals surface area (Å²) in [6, 6.07) is 20.1. The summed E-state index contributed by atoms with van der Waals surface area (Å²) < 4.78 is 38.4. The van der Waals surface area contributed by atoms with Gasteiger partial charge in [-0.3, -0.25) is 4.99 Å². The predicted octanol–water partition coefficient (Wildman–Crippen LogP) is 4.20. The van der Waals surface area contributed by atoms with Crippen molar-refractivity contribution >= 4 is 21.9 Å². The average molecular weight is 437 g/mol. The third-order valence-corrected chi connectivity index (χ3v) is 7.22. The zero-order valence-corrected chi connectivity index (χ0v) is 18.3. The Kier molecular flexibility index (Phi) is 6.06. The molecule has 0 amide bonds. The Balaban J connectivity index is 1.53. The SMILES string of the molecule is COc1cccc(C=Nc2ccc(S(=O)(=O)N3CCc4ccccc4C3)cc2)c1OC. The van der Waals surface area contributed by atoms with E-state index in [0.29, 0.717) is 30.3 Å². The second-order valence-electron chi connectivity index (χ2n) is 7.19. The van der Waals surface area contributed by atoms with Gasteiger partial charge < -0.3 is 9.47 Å². The van der Waals surface area contributed by atoms with E-state index >= 15 is 0 Å². The smallest absolute Gasteiger partial charge is 0.243 e. The molecule has 6 nitrogen and oxygen atoms in total. The van der Waals surface area contributed by atoms with Crippen LogP contribution in [-0.4, -0.2) is 39.7 Å². The van der Waals surface area contributed by atoms with Crippen molar-refractivity contribution in [2.75, 3.05) is 20.8 Å². The molecule has 0 unspecified atom stereocenters. The van der Waals surface area contributed by atoms with Gasteiger partial charge in [-0.2, -0.15) is 4.31 Å². The van der Waals surface area contributed by atoms with E-state index in [1.54, 1.807) is 44.7 Å². The highest BCUT2D eigenvalue weighted by molar-refractivity contribution is 7.89. The van der Waals surface area contributed by atoms with Gasteiger partial charge in [0.05, 0.1) is 24.8 Å². The van der Waals surface area contributed by atoms with Crippen molar-refractivity contribution in [3.63, 3.8) is 0 Å². The normalized spacial score (nSPS) is 14.4. The number of fused-ring (bicyclic) bond motifs is 1. The summed E-state index contributed by atoms with van der Waals surface area (Å²) in [6.07, 6.45) is 2.40. The molecule has 0 saturated heterocycles. The number of para-hydroxylation sites is 1. The Labute approximate surface area is 182 Å². The monoisotopic (exact) mass is 436 g/mol. The lowest BCUT2D eigenvalue weighted by Gasteiger charge is -2.28. The summed E-state index contributed by atoms with van der Waals surface area (Å²) >= 11 is 0. The lowest BCUT2D eigenvalue weighted by molar-refractivity contribution is 0.354. The highest BCUT2D eigenvalue weighted by atomic mass is 32.2. The zero-order valence-electron chi connectivity index (χ0n) is 17.5. The summed E-state index contributed by atoms with van der Waals surface area (Å²) in [5.41, 5.74) is 3.69. The van der Waals surface area contributed by atoms with Crippen molar-refractivity contribution in [2.24, 2.45) is 4.99 Å². The largest absolute Gasteiger partial charge is 0.493 e. The fourth-order valence-corrected chi connectivity index (χ4v) is 5.10. The summed E-state index contributed by atoms with van der Waals surface area (Å²) in [7, 11) is -0.404. The number of aliphatic imine (C=N–C) groups is 1. The molecule has 1 heterocycles. The lowest BCUT2D eigenvalue weighted by Crippen LogP contribution is -2.35. The minimum Gasteiger partial charge on any atom is -0.493 e. The topological polar surface area (TPSA) is 68.2 Å². The number of benzene rings is 3. The summed E-state index contributed by atoms with van der Waals surface area (Å²) in [5, 5.41) is 0. The van der Waals surface area contributed by atoms with Gasteiger partial charge in [0, 0.05) is 24.9 Å². The average Bonchev–Trinajstić information content (AvgIpc) is 2.82. The van der Waals surface area contributed by atoms with Crippen LogP contribution in [0.4, 0.5) is 5.69 Å². The van der Waals surface area contributed by atoms with E-state index < -0.39 is 10.0 Å². The summed E-state index contributed by atoms with van der Waals surface area (Å²) in [6.45, 7) is 0.878. The van der Waals surface area contributed by atoms with Crippen LogP contribution in [0.15, 0.2) is 76.6 Å². The van der Waals surface area contributed by atoms with Gasteiger partial charge in [0.1, 0.15) is 0 Å². The number of methoxy groups -OCH3 is 2. The molecule has 0 spiro atoms. The van der Waals surface area contributed by atoms with Gasteiger partial charge in [0.25, 0.3) is 0 Å². The fraction of sp³-hybridized carbons (Fsp3) is 0.208. The van der Waals surface area contributed by atoms with Crippen LogP contribution in [0.3, 0.4) is 0 Å². The molecule has 0 radical (unpaired) electrons. The molecule has 4 rings (SSSR count). The molecule has 0 atom stereocenters. The number of sulfonamides is 1. The fourth-order valence-electron chi connectivity index (χ4n) is 3.69. The van der Waals surface area contributed by atoms with E-state index in [1.807, 2.05) is 36.4 Å². The van der Waals surface area contributed by atoms with Crippen LogP contribution in [0.5, 0.6) is 11.5 Å². The van der Waals surface area contributed by atoms with Crippen LogP contribution in [-0.2, 0) is 23.0 Å². The van der Waals surface area contributed by atoms with E-state index in [9.17, 15) is 8.42 Å². The van der Waals surface area contributed by atoms with Crippen LogP contribution in [0.2, 0.25) is 0 Å². The molecule has 1 aliphatic heterocycles. The highest BCUT2D eigenvalue weighted by Crippen LogP contribution is 2.30. The second kappa shape index (κ2) is 8.91. The maximum atomic E-state index is 13.1. The Morgan fingerprint density at radius 1 is 0.903 bits per heavy atom. The Morgan fingerprint density at radius 3 is 2.35 bits per heavy atom. The molecular formula is C24H24N2O4S. The van der Waals surface area contributed by atoms with Crippen LogP contribution in [0, 0.1) is 0 Å². The number of rotatable bonds is 6. The van der Waals surface area contributed by atoms with Crippen molar-refractivity contribution in [3.8, 4) is 11.5 Å². The first kappa shape index (κ1) is 21.1. The molecule has 0 aliphatic carbocycles. The molecule has 3 aromatic rings. The van der Waals surface area contributed by atoms with Gasteiger partial charge in [0.2, 0.25) is 10.0 Å². The lowest BCUT2D eigenvalue weighted by atomic mass is 10.0. The molecule has 31 heavy (non-hydrogen) atoms. The summed E-state index contributed by atoms with van der Waals surface area (Å²) in [5.74, 6) is 1.22. The van der Waals surface area contributed by atoms with Gasteiger partial charge in [0.15, 0.2) is 11.5 Å². The summed E-state index contributed by atoms with van der Waals surface area (Å²) in [4.78, 5) is 4.73. The number of nitrogens with zero attached hydrogens (tertiary/aromatic N) is 2. The Bertz CT molecular complexity index is 1200. The first-order valence-corrected chi connectivity index (χ1v) is 11.4. The number of hydrogen-bond donors (Lipinski definition) is 0. The van der Waals surface area contributed by atoms with Gasteiger partial charge in [-0.1, -0.05) is 30.3 Å². The van der Waals surface area contributed by atoms with Crippen LogP contribution >= 0.6 is 0 Å². The van der Waals surface area contributed by atoms with Gasteiger partial charge in [-0.05, 0) is 53.9 Å². The molecule has 1 aliphatic rings. The molecule has 160 valence electrons. The van der Waals surface area contributed by atoms with Crippen LogP contribution < -0.4 is 9.47 Å². The third-order valence-electron chi connectivity index (χ3n) is 5.36. The van der Waals surface area contributed by atoms with Crippen molar-refractivity contribution in [3.05, 3.63) is 83.4 Å².